The molecule has 1 aliphatic heterocycles. The van der Waals surface area contributed by atoms with Crippen LogP contribution in [0.2, 0.25) is 51.9 Å². The molecule has 1 fully saturated rings. The fourth-order valence-electron chi connectivity index (χ4n) is 4.79. The van der Waals surface area contributed by atoms with Gasteiger partial charge in [-0.1, -0.05) is 44.9 Å². The number of hydrogen-bond acceptors (Lipinski definition) is 5. The number of rotatable bonds is 16. The standard InChI is InChI=1S/C23H52N2O5SSi3/c1-31(27,28)25-20-18-24(19-21-25)23(26)17-15-13-11-9-10-12-14-16-22-33(5,6)30-34(7,8)29-32(2,3)4/h9-22H2,1-8H3. The van der Waals surface area contributed by atoms with Crippen LogP contribution in [0.15, 0.2) is 0 Å². The Bertz CT molecular complexity index is 719. The summed E-state index contributed by atoms with van der Waals surface area (Å²) in [6.07, 6.45) is 11.3. The fraction of sp³-hybridized carbons (Fsp3) is 0.957. The smallest absolute Gasteiger partial charge is 0.311 e. The molecule has 0 aliphatic carbocycles. The molecule has 0 saturated carbocycles. The minimum atomic E-state index is -3.14. The summed E-state index contributed by atoms with van der Waals surface area (Å²) >= 11 is 0. The molecule has 0 atom stereocenters. The van der Waals surface area contributed by atoms with Crippen molar-refractivity contribution in [2.45, 2.75) is 110 Å². The molecule has 0 aromatic rings. The van der Waals surface area contributed by atoms with Crippen LogP contribution in [-0.2, 0) is 23.0 Å². The third kappa shape index (κ3) is 14.5. The molecule has 0 unspecified atom stereocenters. The van der Waals surface area contributed by atoms with Crippen molar-refractivity contribution in [1.29, 1.82) is 0 Å². The minimum absolute atomic E-state index is 0.170. The van der Waals surface area contributed by atoms with Gasteiger partial charge >= 0.3 is 8.56 Å². The number of piperazine rings is 1. The first-order valence-corrected chi connectivity index (χ1v) is 24.3. The van der Waals surface area contributed by atoms with Crippen molar-refractivity contribution in [3.8, 4) is 0 Å². The average molecular weight is 553 g/mol. The summed E-state index contributed by atoms with van der Waals surface area (Å²) in [7, 11) is -8.41. The third-order valence-corrected chi connectivity index (χ3v) is 17.5. The van der Waals surface area contributed by atoms with E-state index in [0.717, 1.165) is 12.8 Å². The monoisotopic (exact) mass is 552 g/mol. The first-order valence-electron chi connectivity index (χ1n) is 13.1. The third-order valence-electron chi connectivity index (χ3n) is 6.05. The van der Waals surface area contributed by atoms with Crippen molar-refractivity contribution in [1.82, 2.24) is 9.21 Å². The lowest BCUT2D eigenvalue weighted by atomic mass is 10.1. The molecular formula is C23H52N2O5SSi3. The molecule has 0 radical (unpaired) electrons. The Morgan fingerprint density at radius 1 is 0.735 bits per heavy atom. The van der Waals surface area contributed by atoms with E-state index >= 15 is 0 Å². The van der Waals surface area contributed by atoms with Gasteiger partial charge in [-0.05, 0) is 58.3 Å². The minimum Gasteiger partial charge on any atom is -0.437 e. The molecule has 1 amide bonds. The molecule has 34 heavy (non-hydrogen) atoms. The van der Waals surface area contributed by atoms with Gasteiger partial charge in [-0.3, -0.25) is 4.79 Å². The summed E-state index contributed by atoms with van der Waals surface area (Å²) in [4.78, 5) is 14.2. The molecule has 0 aromatic heterocycles. The molecule has 0 N–H and O–H groups in total. The van der Waals surface area contributed by atoms with Crippen LogP contribution in [0.4, 0.5) is 0 Å². The van der Waals surface area contributed by atoms with Crippen LogP contribution in [-0.4, -0.2) is 81.2 Å². The van der Waals surface area contributed by atoms with E-state index in [1.54, 1.807) is 0 Å². The van der Waals surface area contributed by atoms with Crippen molar-refractivity contribution in [3.05, 3.63) is 0 Å². The largest absolute Gasteiger partial charge is 0.437 e. The number of unbranched alkanes of at least 4 members (excludes halogenated alkanes) is 7. The average Bonchev–Trinajstić information content (AvgIpc) is 2.65. The van der Waals surface area contributed by atoms with Gasteiger partial charge in [0.25, 0.3) is 0 Å². The van der Waals surface area contributed by atoms with Gasteiger partial charge in [-0.2, -0.15) is 4.31 Å². The molecule has 7 nitrogen and oxygen atoms in total. The van der Waals surface area contributed by atoms with Gasteiger partial charge in [0.1, 0.15) is 0 Å². The van der Waals surface area contributed by atoms with Crippen molar-refractivity contribution in [3.63, 3.8) is 0 Å². The predicted octanol–water partition coefficient (Wildman–Crippen LogP) is 5.38. The van der Waals surface area contributed by atoms with Crippen molar-refractivity contribution in [2.24, 2.45) is 0 Å². The van der Waals surface area contributed by atoms with Gasteiger partial charge < -0.3 is 13.1 Å². The zero-order valence-corrected chi connectivity index (χ0v) is 27.1. The summed E-state index contributed by atoms with van der Waals surface area (Å²) in [6.45, 7) is 17.7. The van der Waals surface area contributed by atoms with Gasteiger partial charge in [0.2, 0.25) is 15.9 Å². The van der Waals surface area contributed by atoms with Crippen LogP contribution in [0, 0.1) is 0 Å². The molecule has 1 heterocycles. The Hall–Kier alpha value is -0.0494. The Balaban J connectivity index is 2.05. The fourth-order valence-corrected chi connectivity index (χ4v) is 18.9. The zero-order valence-electron chi connectivity index (χ0n) is 23.2. The SMILES string of the molecule is C[Si](C)(C)O[Si](C)(C)O[Si](C)(C)CCCCCCCCCCC(=O)N1CCN(S(C)(=O)=O)CC1. The lowest BCUT2D eigenvalue weighted by molar-refractivity contribution is -0.132. The maximum absolute atomic E-state index is 12.3. The molecular weight excluding hydrogens is 501 g/mol. The van der Waals surface area contributed by atoms with Crippen LogP contribution in [0.3, 0.4) is 0 Å². The van der Waals surface area contributed by atoms with Crippen LogP contribution >= 0.6 is 0 Å². The van der Waals surface area contributed by atoms with E-state index in [0.29, 0.717) is 32.6 Å². The summed E-state index contributed by atoms with van der Waals surface area (Å²) in [5.74, 6) is 0.170. The Kier molecular flexibility index (Phi) is 13.2. The number of carbonyl (C=O) groups is 1. The van der Waals surface area contributed by atoms with Crippen molar-refractivity contribution >= 4 is 41.1 Å². The zero-order chi connectivity index (χ0) is 26.0. The number of nitrogens with zero attached hydrogens (tertiary/aromatic N) is 2. The summed E-state index contributed by atoms with van der Waals surface area (Å²) in [6, 6.07) is 1.21. The molecule has 11 heteroatoms. The quantitative estimate of drug-likeness (QED) is 0.190. The first kappa shape index (κ1) is 32.0. The Morgan fingerprint density at radius 2 is 1.21 bits per heavy atom. The second-order valence-electron chi connectivity index (χ2n) is 11.8. The predicted molar refractivity (Wildman–Crippen MR) is 150 cm³/mol. The maximum atomic E-state index is 12.3. The highest BCUT2D eigenvalue weighted by molar-refractivity contribution is 7.88. The van der Waals surface area contributed by atoms with Crippen LogP contribution in [0.25, 0.3) is 0 Å². The van der Waals surface area contributed by atoms with Crippen LogP contribution in [0.5, 0.6) is 0 Å². The van der Waals surface area contributed by atoms with Gasteiger partial charge in [0, 0.05) is 32.6 Å². The highest BCUT2D eigenvalue weighted by Gasteiger charge is 2.37. The molecule has 0 bridgehead atoms. The lowest BCUT2D eigenvalue weighted by Gasteiger charge is -2.37. The van der Waals surface area contributed by atoms with E-state index in [2.05, 4.69) is 45.8 Å². The molecule has 202 valence electrons. The van der Waals surface area contributed by atoms with E-state index in [1.165, 1.54) is 55.1 Å². The molecule has 0 aromatic carbocycles. The summed E-state index contributed by atoms with van der Waals surface area (Å²) in [5, 5.41) is 0. The molecule has 0 spiro atoms. The maximum Gasteiger partial charge on any atom is 0.311 e. The topological polar surface area (TPSA) is 76.2 Å². The second kappa shape index (κ2) is 14.0. The van der Waals surface area contributed by atoms with E-state index in [1.807, 2.05) is 4.90 Å². The van der Waals surface area contributed by atoms with Crippen LogP contribution < -0.4 is 0 Å². The second-order valence-corrected chi connectivity index (χ2v) is 26.5. The van der Waals surface area contributed by atoms with E-state index < -0.39 is 35.2 Å². The van der Waals surface area contributed by atoms with Crippen molar-refractivity contribution < 1.29 is 21.4 Å². The van der Waals surface area contributed by atoms with E-state index in [-0.39, 0.29) is 5.91 Å². The molecule has 1 aliphatic rings. The highest BCUT2D eigenvalue weighted by atomic mass is 32.2. The number of amides is 1. The summed E-state index contributed by atoms with van der Waals surface area (Å²) in [5.41, 5.74) is 0. The number of sulfonamides is 1. The molecule has 1 saturated heterocycles. The van der Waals surface area contributed by atoms with E-state index in [9.17, 15) is 13.2 Å². The van der Waals surface area contributed by atoms with Crippen LogP contribution in [0.1, 0.15) is 57.8 Å². The van der Waals surface area contributed by atoms with Gasteiger partial charge in [0.15, 0.2) is 16.6 Å². The number of carbonyl (C=O) groups excluding carboxylic acids is 1. The van der Waals surface area contributed by atoms with Gasteiger partial charge in [-0.15, -0.1) is 0 Å². The Labute approximate surface area is 213 Å². The Morgan fingerprint density at radius 3 is 1.68 bits per heavy atom. The van der Waals surface area contributed by atoms with Gasteiger partial charge in [0.05, 0.1) is 6.26 Å². The van der Waals surface area contributed by atoms with E-state index in [4.69, 9.17) is 8.23 Å². The molecule has 1 rings (SSSR count). The summed E-state index contributed by atoms with van der Waals surface area (Å²) < 4.78 is 37.5. The number of hydrogen-bond donors (Lipinski definition) is 0. The normalized spacial score (nSPS) is 16.8. The highest BCUT2D eigenvalue weighted by Crippen LogP contribution is 2.25. The lowest BCUT2D eigenvalue weighted by Crippen LogP contribution is -2.51. The van der Waals surface area contributed by atoms with Gasteiger partial charge in [-0.25, -0.2) is 8.42 Å². The first-order chi connectivity index (χ1) is 15.5. The van der Waals surface area contributed by atoms with Crippen molar-refractivity contribution in [2.75, 3.05) is 32.4 Å².